The third-order valence-electron chi connectivity index (χ3n) is 5.71. The summed E-state index contributed by atoms with van der Waals surface area (Å²) in [4.78, 5) is 26.6. The van der Waals surface area contributed by atoms with Gasteiger partial charge in [0.25, 0.3) is 15.9 Å². The Kier molecular flexibility index (Phi) is 7.23. The highest BCUT2D eigenvalue weighted by atomic mass is 32.2. The van der Waals surface area contributed by atoms with Crippen LogP contribution in [0.1, 0.15) is 41.8 Å². The molecule has 1 fully saturated rings. The van der Waals surface area contributed by atoms with E-state index >= 15 is 0 Å². The van der Waals surface area contributed by atoms with Gasteiger partial charge in [0.15, 0.2) is 6.61 Å². The van der Waals surface area contributed by atoms with E-state index in [1.807, 2.05) is 13.8 Å². The first-order chi connectivity index (χ1) is 15.0. The standard InChI is InChI=1S/C24H30N2O5S/c1-16-11-17(2)14-26(13-16)23(27)15-31-24(28)20-6-8-21(9-7-20)25-32(29,30)22-10-5-18(3)19(4)12-22/h5-10,12,16-17,25H,11,13-15H2,1-4H3/t16-,17-/m1/s1. The number of sulfonamides is 1. The summed E-state index contributed by atoms with van der Waals surface area (Å²) < 4.78 is 32.9. The van der Waals surface area contributed by atoms with Gasteiger partial charge in [0.1, 0.15) is 0 Å². The minimum atomic E-state index is -3.75. The van der Waals surface area contributed by atoms with Crippen LogP contribution in [0.5, 0.6) is 0 Å². The number of rotatable bonds is 6. The number of carbonyl (C=O) groups is 2. The largest absolute Gasteiger partial charge is 0.452 e. The van der Waals surface area contributed by atoms with Gasteiger partial charge in [0, 0.05) is 18.8 Å². The molecule has 1 aliphatic rings. The summed E-state index contributed by atoms with van der Waals surface area (Å²) in [5.74, 6) is 0.0339. The predicted molar refractivity (Wildman–Crippen MR) is 123 cm³/mol. The maximum atomic E-state index is 12.6. The summed E-state index contributed by atoms with van der Waals surface area (Å²) in [6.07, 6.45) is 1.09. The van der Waals surface area contributed by atoms with Crippen molar-refractivity contribution in [3.63, 3.8) is 0 Å². The van der Waals surface area contributed by atoms with E-state index in [1.165, 1.54) is 24.3 Å². The number of esters is 1. The van der Waals surface area contributed by atoms with Crippen LogP contribution in [0.15, 0.2) is 47.4 Å². The molecule has 172 valence electrons. The van der Waals surface area contributed by atoms with Crippen LogP contribution in [-0.4, -0.2) is 44.9 Å². The number of amides is 1. The summed E-state index contributed by atoms with van der Waals surface area (Å²) in [5.41, 5.74) is 2.46. The summed E-state index contributed by atoms with van der Waals surface area (Å²) >= 11 is 0. The van der Waals surface area contributed by atoms with Crippen LogP contribution in [0.3, 0.4) is 0 Å². The van der Waals surface area contributed by atoms with Crippen LogP contribution in [0.25, 0.3) is 0 Å². The molecule has 0 radical (unpaired) electrons. The van der Waals surface area contributed by atoms with Crippen molar-refractivity contribution in [2.45, 2.75) is 39.0 Å². The molecule has 0 aliphatic carbocycles. The molecular weight excluding hydrogens is 428 g/mol. The van der Waals surface area contributed by atoms with Crippen LogP contribution in [0, 0.1) is 25.7 Å². The summed E-state index contributed by atoms with van der Waals surface area (Å²) in [6.45, 7) is 9.03. The number of likely N-dealkylation sites (tertiary alicyclic amines) is 1. The molecule has 1 amide bonds. The zero-order chi connectivity index (χ0) is 23.5. The Labute approximate surface area is 189 Å². The molecule has 7 nitrogen and oxygen atoms in total. The Hall–Kier alpha value is -2.87. The number of nitrogens with zero attached hydrogens (tertiary/aromatic N) is 1. The maximum Gasteiger partial charge on any atom is 0.338 e. The molecule has 1 N–H and O–H groups in total. The third kappa shape index (κ3) is 5.88. The minimum Gasteiger partial charge on any atom is -0.452 e. The number of benzene rings is 2. The van der Waals surface area contributed by atoms with Gasteiger partial charge < -0.3 is 9.64 Å². The normalized spacial score (nSPS) is 18.8. The first kappa shape index (κ1) is 23.8. The van der Waals surface area contributed by atoms with Crippen molar-refractivity contribution >= 4 is 27.6 Å². The van der Waals surface area contributed by atoms with Crippen molar-refractivity contribution in [1.82, 2.24) is 4.90 Å². The van der Waals surface area contributed by atoms with E-state index in [9.17, 15) is 18.0 Å². The zero-order valence-electron chi connectivity index (χ0n) is 18.9. The van der Waals surface area contributed by atoms with Gasteiger partial charge in [0.2, 0.25) is 0 Å². The molecule has 2 aromatic rings. The van der Waals surface area contributed by atoms with Gasteiger partial charge in [-0.3, -0.25) is 9.52 Å². The highest BCUT2D eigenvalue weighted by Gasteiger charge is 2.26. The molecule has 0 aromatic heterocycles. The lowest BCUT2D eigenvalue weighted by Crippen LogP contribution is -2.44. The van der Waals surface area contributed by atoms with Crippen LogP contribution in [0.4, 0.5) is 5.69 Å². The SMILES string of the molecule is Cc1ccc(S(=O)(=O)Nc2ccc(C(=O)OCC(=O)N3C[C@H](C)C[C@@H](C)C3)cc2)cc1C. The summed E-state index contributed by atoms with van der Waals surface area (Å²) in [7, 11) is -3.75. The van der Waals surface area contributed by atoms with Crippen molar-refractivity contribution in [2.24, 2.45) is 11.8 Å². The molecule has 1 saturated heterocycles. The van der Waals surface area contributed by atoms with Crippen molar-refractivity contribution in [1.29, 1.82) is 0 Å². The number of anilines is 1. The number of aryl methyl sites for hydroxylation is 2. The second-order valence-corrected chi connectivity index (χ2v) is 10.4. The molecule has 32 heavy (non-hydrogen) atoms. The van der Waals surface area contributed by atoms with Crippen molar-refractivity contribution in [3.8, 4) is 0 Å². The molecule has 3 rings (SSSR count). The fourth-order valence-corrected chi connectivity index (χ4v) is 5.08. The number of hydrogen-bond acceptors (Lipinski definition) is 5. The van der Waals surface area contributed by atoms with Crippen LogP contribution >= 0.6 is 0 Å². The van der Waals surface area contributed by atoms with Gasteiger partial charge in [0.05, 0.1) is 10.5 Å². The van der Waals surface area contributed by atoms with Gasteiger partial charge >= 0.3 is 5.97 Å². The first-order valence-corrected chi connectivity index (χ1v) is 12.2. The smallest absolute Gasteiger partial charge is 0.338 e. The molecule has 0 unspecified atom stereocenters. The van der Waals surface area contributed by atoms with E-state index in [0.29, 0.717) is 30.6 Å². The molecule has 2 atom stereocenters. The summed E-state index contributed by atoms with van der Waals surface area (Å²) in [6, 6.07) is 10.8. The second kappa shape index (κ2) is 9.73. The van der Waals surface area contributed by atoms with Crippen LogP contribution < -0.4 is 4.72 Å². The topological polar surface area (TPSA) is 92.8 Å². The highest BCUT2D eigenvalue weighted by molar-refractivity contribution is 7.92. The number of piperidine rings is 1. The van der Waals surface area contributed by atoms with E-state index in [1.54, 1.807) is 23.1 Å². The van der Waals surface area contributed by atoms with Crippen molar-refractivity contribution < 1.29 is 22.7 Å². The van der Waals surface area contributed by atoms with Gasteiger partial charge in [-0.05, 0) is 79.6 Å². The lowest BCUT2D eigenvalue weighted by Gasteiger charge is -2.34. The lowest BCUT2D eigenvalue weighted by molar-refractivity contribution is -0.137. The van der Waals surface area contributed by atoms with Crippen LogP contribution in [0.2, 0.25) is 0 Å². The van der Waals surface area contributed by atoms with E-state index in [2.05, 4.69) is 18.6 Å². The van der Waals surface area contributed by atoms with E-state index in [-0.39, 0.29) is 23.0 Å². The van der Waals surface area contributed by atoms with Crippen molar-refractivity contribution in [3.05, 3.63) is 59.2 Å². The van der Waals surface area contributed by atoms with Gasteiger partial charge in [-0.1, -0.05) is 19.9 Å². The molecular formula is C24H30N2O5S. The molecule has 1 aliphatic heterocycles. The fourth-order valence-electron chi connectivity index (χ4n) is 3.94. The fraction of sp³-hybridized carbons (Fsp3) is 0.417. The monoisotopic (exact) mass is 458 g/mol. The molecule has 0 bridgehead atoms. The average molecular weight is 459 g/mol. The first-order valence-electron chi connectivity index (χ1n) is 10.7. The van der Waals surface area contributed by atoms with Gasteiger partial charge in [-0.25, -0.2) is 13.2 Å². The number of ether oxygens (including phenoxy) is 1. The molecule has 8 heteroatoms. The highest BCUT2D eigenvalue weighted by Crippen LogP contribution is 2.22. The Morgan fingerprint density at radius 2 is 1.62 bits per heavy atom. The molecule has 0 saturated carbocycles. The minimum absolute atomic E-state index is 0.170. The quantitative estimate of drug-likeness (QED) is 0.666. The zero-order valence-corrected chi connectivity index (χ0v) is 19.7. The van der Waals surface area contributed by atoms with Crippen LogP contribution in [-0.2, 0) is 19.6 Å². The predicted octanol–water partition coefficient (Wildman–Crippen LogP) is 3.77. The lowest BCUT2D eigenvalue weighted by atomic mass is 9.92. The Bertz CT molecular complexity index is 1090. The number of nitrogens with one attached hydrogen (secondary N) is 1. The van der Waals surface area contributed by atoms with Crippen molar-refractivity contribution in [2.75, 3.05) is 24.4 Å². The van der Waals surface area contributed by atoms with Gasteiger partial charge in [-0.2, -0.15) is 0 Å². The Balaban J connectivity index is 1.58. The Morgan fingerprint density at radius 1 is 1.00 bits per heavy atom. The molecule has 1 heterocycles. The molecule has 2 aromatic carbocycles. The maximum absolute atomic E-state index is 12.6. The number of carbonyl (C=O) groups excluding carboxylic acids is 2. The Morgan fingerprint density at radius 3 is 2.22 bits per heavy atom. The van der Waals surface area contributed by atoms with Gasteiger partial charge in [-0.15, -0.1) is 0 Å². The van der Waals surface area contributed by atoms with E-state index < -0.39 is 16.0 Å². The third-order valence-corrected chi connectivity index (χ3v) is 7.09. The molecule has 0 spiro atoms. The summed E-state index contributed by atoms with van der Waals surface area (Å²) in [5, 5.41) is 0. The average Bonchev–Trinajstić information content (AvgIpc) is 2.73. The van der Waals surface area contributed by atoms with E-state index in [0.717, 1.165) is 17.5 Å². The van der Waals surface area contributed by atoms with E-state index in [4.69, 9.17) is 4.74 Å². The number of hydrogen-bond donors (Lipinski definition) is 1. The second-order valence-electron chi connectivity index (χ2n) is 8.75.